The summed E-state index contributed by atoms with van der Waals surface area (Å²) in [4.78, 5) is 9.96. The summed E-state index contributed by atoms with van der Waals surface area (Å²) in [6.07, 6.45) is 0. The first-order chi connectivity index (χ1) is 6.85. The minimum absolute atomic E-state index is 0.201. The van der Waals surface area contributed by atoms with Crippen LogP contribution in [-0.2, 0) is 15.6 Å². The van der Waals surface area contributed by atoms with Crippen LogP contribution in [0, 0.1) is 6.92 Å². The molecule has 0 aromatic heterocycles. The van der Waals surface area contributed by atoms with Crippen LogP contribution in [0.25, 0.3) is 0 Å². The molecule has 1 N–H and O–H groups in total. The normalized spacial score (nSPS) is 13.5. The van der Waals surface area contributed by atoms with Crippen LogP contribution in [0.2, 0.25) is 0 Å². The Morgan fingerprint density at radius 1 is 1.33 bits per heavy atom. The molecule has 1 aromatic carbocycles. The number of hydrogen-bond acceptors (Lipinski definition) is 2. The lowest BCUT2D eigenvalue weighted by atomic mass is 10.2. The quantitative estimate of drug-likeness (QED) is 0.867. The van der Waals surface area contributed by atoms with Gasteiger partial charge >= 0.3 is 11.2 Å². The van der Waals surface area contributed by atoms with Crippen LogP contribution in [0.15, 0.2) is 29.2 Å². The van der Waals surface area contributed by atoms with Gasteiger partial charge in [-0.1, -0.05) is 17.7 Å². The van der Waals surface area contributed by atoms with E-state index in [9.17, 15) is 17.8 Å². The molecule has 6 heteroatoms. The maximum Gasteiger partial charge on any atom is 0.419 e. The molecule has 1 unspecified atom stereocenters. The Morgan fingerprint density at radius 3 is 2.20 bits per heavy atom. The Labute approximate surface area is 87.2 Å². The number of aliphatic carboxylic acids is 1. The topological polar surface area (TPSA) is 54.4 Å². The average molecular weight is 234 g/mol. The molecule has 3 nitrogen and oxygen atoms in total. The molecule has 1 atom stereocenters. The number of alkyl halides is 2. The Kier molecular flexibility index (Phi) is 3.18. The fourth-order valence-electron chi connectivity index (χ4n) is 0.889. The van der Waals surface area contributed by atoms with Crippen LogP contribution in [0.4, 0.5) is 8.78 Å². The number of carboxylic acid groups (broad SMARTS) is 1. The zero-order valence-corrected chi connectivity index (χ0v) is 8.55. The van der Waals surface area contributed by atoms with Gasteiger partial charge < -0.3 is 5.11 Å². The number of halogens is 2. The van der Waals surface area contributed by atoms with Crippen molar-refractivity contribution >= 4 is 16.8 Å². The molecule has 0 bridgehead atoms. The van der Waals surface area contributed by atoms with E-state index in [-0.39, 0.29) is 4.90 Å². The maximum absolute atomic E-state index is 12.8. The fraction of sp³-hybridized carbons (Fsp3) is 0.222. The Bertz CT molecular complexity index is 400. The molecule has 0 saturated heterocycles. The monoisotopic (exact) mass is 234 g/mol. The van der Waals surface area contributed by atoms with E-state index in [0.717, 1.165) is 5.56 Å². The fourth-order valence-corrected chi connectivity index (χ4v) is 1.73. The van der Waals surface area contributed by atoms with Crippen LogP contribution in [0.3, 0.4) is 0 Å². The van der Waals surface area contributed by atoms with Gasteiger partial charge in [-0.2, -0.15) is 8.78 Å². The van der Waals surface area contributed by atoms with E-state index in [1.54, 1.807) is 6.92 Å². The predicted octanol–water partition coefficient (Wildman–Crippen LogP) is 1.78. The molecular formula is C9H8F2O3S. The summed E-state index contributed by atoms with van der Waals surface area (Å²) >= 11 is 0. The number of carboxylic acids is 1. The van der Waals surface area contributed by atoms with E-state index in [4.69, 9.17) is 5.11 Å². The molecule has 1 rings (SSSR count). The number of rotatable bonds is 3. The minimum atomic E-state index is -4.25. The highest BCUT2D eigenvalue weighted by molar-refractivity contribution is 7.87. The molecule has 1 aromatic rings. The van der Waals surface area contributed by atoms with Gasteiger partial charge in [0, 0.05) is 4.90 Å². The van der Waals surface area contributed by atoms with Gasteiger partial charge in [0.2, 0.25) is 0 Å². The second kappa shape index (κ2) is 4.06. The van der Waals surface area contributed by atoms with E-state index in [1.165, 1.54) is 24.3 Å². The van der Waals surface area contributed by atoms with Crippen LogP contribution in [0.5, 0.6) is 0 Å². The van der Waals surface area contributed by atoms with Gasteiger partial charge in [0.25, 0.3) is 0 Å². The van der Waals surface area contributed by atoms with Crippen LogP contribution in [0.1, 0.15) is 5.56 Å². The summed E-state index contributed by atoms with van der Waals surface area (Å²) in [7, 11) is -2.86. The molecule has 0 saturated carbocycles. The van der Waals surface area contributed by atoms with E-state index >= 15 is 0 Å². The average Bonchev–Trinajstić information content (AvgIpc) is 2.17. The zero-order chi connectivity index (χ0) is 11.6. The summed E-state index contributed by atoms with van der Waals surface area (Å²) in [5.74, 6) is -2.39. The standard InChI is InChI=1S/C9H8F2O3S/c1-6-2-4-7(5-3-6)15(14)9(10,11)8(12)13/h2-5H,1H3,(H,12,13). The van der Waals surface area contributed by atoms with Gasteiger partial charge in [0.05, 0.1) is 0 Å². The third-order valence-electron chi connectivity index (χ3n) is 1.72. The smallest absolute Gasteiger partial charge is 0.419 e. The zero-order valence-electron chi connectivity index (χ0n) is 7.74. The van der Waals surface area contributed by atoms with Crippen molar-refractivity contribution in [2.45, 2.75) is 17.1 Å². The maximum atomic E-state index is 12.8. The molecule has 0 amide bonds. The number of benzene rings is 1. The van der Waals surface area contributed by atoms with E-state index in [0.29, 0.717) is 0 Å². The van der Waals surface area contributed by atoms with E-state index < -0.39 is 22.0 Å². The lowest BCUT2D eigenvalue weighted by molar-refractivity contribution is -0.153. The molecule has 0 radical (unpaired) electrons. The second-order valence-corrected chi connectivity index (χ2v) is 4.43. The van der Waals surface area contributed by atoms with Crippen LogP contribution >= 0.6 is 0 Å². The summed E-state index contributed by atoms with van der Waals surface area (Å²) in [6, 6.07) is 5.43. The predicted molar refractivity (Wildman–Crippen MR) is 50.2 cm³/mol. The largest absolute Gasteiger partial charge is 0.476 e. The van der Waals surface area contributed by atoms with Gasteiger partial charge in [-0.05, 0) is 19.1 Å². The van der Waals surface area contributed by atoms with Gasteiger partial charge in [-0.15, -0.1) is 0 Å². The Balaban J connectivity index is 3.05. The first-order valence-corrected chi connectivity index (χ1v) is 5.10. The summed E-state index contributed by atoms with van der Waals surface area (Å²) < 4.78 is 36.9. The van der Waals surface area contributed by atoms with Crippen LogP contribution in [-0.4, -0.2) is 20.5 Å². The third-order valence-corrected chi connectivity index (χ3v) is 3.06. The van der Waals surface area contributed by atoms with Crippen molar-refractivity contribution in [1.82, 2.24) is 0 Å². The van der Waals surface area contributed by atoms with Crippen LogP contribution < -0.4 is 0 Å². The van der Waals surface area contributed by atoms with Gasteiger partial charge in [-0.25, -0.2) is 9.00 Å². The Hall–Kier alpha value is -1.30. The molecule has 82 valence electrons. The number of carbonyl (C=O) groups is 1. The molecule has 15 heavy (non-hydrogen) atoms. The highest BCUT2D eigenvalue weighted by Crippen LogP contribution is 2.25. The highest BCUT2D eigenvalue weighted by atomic mass is 32.2. The summed E-state index contributed by atoms with van der Waals surface area (Å²) in [6.45, 7) is 1.74. The summed E-state index contributed by atoms with van der Waals surface area (Å²) in [5, 5.41) is 3.93. The number of hydrogen-bond donors (Lipinski definition) is 1. The first-order valence-electron chi connectivity index (χ1n) is 3.95. The van der Waals surface area contributed by atoms with Gasteiger partial charge in [0.15, 0.2) is 0 Å². The van der Waals surface area contributed by atoms with Crippen molar-refractivity contribution in [1.29, 1.82) is 0 Å². The lowest BCUT2D eigenvalue weighted by Crippen LogP contribution is -2.33. The number of aryl methyl sites for hydroxylation is 1. The van der Waals surface area contributed by atoms with Gasteiger partial charge in [0.1, 0.15) is 10.8 Å². The molecule has 0 spiro atoms. The Morgan fingerprint density at radius 2 is 1.80 bits per heavy atom. The van der Waals surface area contributed by atoms with Crippen molar-refractivity contribution in [2.75, 3.05) is 0 Å². The molecule has 0 aliphatic rings. The van der Waals surface area contributed by atoms with E-state index in [2.05, 4.69) is 0 Å². The van der Waals surface area contributed by atoms with E-state index in [1.807, 2.05) is 0 Å². The molecular weight excluding hydrogens is 226 g/mol. The molecule has 0 fully saturated rings. The van der Waals surface area contributed by atoms with Crippen molar-refractivity contribution in [2.24, 2.45) is 0 Å². The summed E-state index contributed by atoms with van der Waals surface area (Å²) in [5.41, 5.74) is 0.814. The van der Waals surface area contributed by atoms with Crippen molar-refractivity contribution in [3.63, 3.8) is 0 Å². The van der Waals surface area contributed by atoms with Gasteiger partial charge in [-0.3, -0.25) is 0 Å². The molecule has 0 aliphatic heterocycles. The molecule has 0 heterocycles. The minimum Gasteiger partial charge on any atom is -0.476 e. The SMILES string of the molecule is Cc1ccc(S(=O)C(F)(F)C(=O)O)cc1. The first kappa shape index (κ1) is 11.8. The van der Waals surface area contributed by atoms with Crippen molar-refractivity contribution in [3.8, 4) is 0 Å². The molecule has 0 aliphatic carbocycles. The van der Waals surface area contributed by atoms with Crippen molar-refractivity contribution < 1.29 is 22.9 Å². The third kappa shape index (κ3) is 2.38. The highest BCUT2D eigenvalue weighted by Gasteiger charge is 2.46. The second-order valence-electron chi connectivity index (χ2n) is 2.90. The van der Waals surface area contributed by atoms with Crippen molar-refractivity contribution in [3.05, 3.63) is 29.8 Å². The lowest BCUT2D eigenvalue weighted by Gasteiger charge is -2.10.